The van der Waals surface area contributed by atoms with Crippen molar-refractivity contribution in [2.24, 2.45) is 5.41 Å². The van der Waals surface area contributed by atoms with Crippen molar-refractivity contribution < 1.29 is 14.0 Å². The van der Waals surface area contributed by atoms with E-state index in [9.17, 15) is 9.59 Å². The zero-order valence-corrected chi connectivity index (χ0v) is 19.9. The van der Waals surface area contributed by atoms with Crippen LogP contribution in [0, 0.1) is 5.41 Å². The van der Waals surface area contributed by atoms with Gasteiger partial charge in [-0.25, -0.2) is 4.98 Å². The number of Topliss-reactive ketones (excluding diaryl/α,β-unsaturated/α-hetero) is 1. The normalized spacial score (nSPS) is 17.4. The van der Waals surface area contributed by atoms with Crippen LogP contribution in [0.5, 0.6) is 0 Å². The third-order valence-corrected chi connectivity index (χ3v) is 6.48. The summed E-state index contributed by atoms with van der Waals surface area (Å²) in [6, 6.07) is 10.7. The molecule has 2 aliphatic rings. The Hall–Kier alpha value is -3.39. The van der Waals surface area contributed by atoms with Crippen LogP contribution in [-0.4, -0.2) is 52.7 Å². The Morgan fingerprint density at radius 1 is 1.06 bits per heavy atom. The van der Waals surface area contributed by atoms with Gasteiger partial charge in [-0.2, -0.15) is 4.98 Å². The summed E-state index contributed by atoms with van der Waals surface area (Å²) in [5, 5.41) is 3.94. The average Bonchev–Trinajstić information content (AvgIpc) is 3.34. The van der Waals surface area contributed by atoms with Gasteiger partial charge in [0.05, 0.1) is 17.5 Å². The van der Waals surface area contributed by atoms with E-state index in [-0.39, 0.29) is 17.1 Å². The number of nitrogens with one attached hydrogen (secondary N) is 1. The highest BCUT2D eigenvalue weighted by Gasteiger charge is 2.36. The number of hydrogen-bond acceptors (Lipinski definition) is 7. The van der Waals surface area contributed by atoms with E-state index in [0.29, 0.717) is 67.1 Å². The van der Waals surface area contributed by atoms with Gasteiger partial charge in [0.2, 0.25) is 5.95 Å². The zero-order valence-electron chi connectivity index (χ0n) is 19.2. The molecule has 1 aromatic carbocycles. The lowest BCUT2D eigenvalue weighted by molar-refractivity contribution is 0.0713. The fraction of sp³-hybridized carbons (Fsp3) is 0.360. The van der Waals surface area contributed by atoms with Crippen LogP contribution in [0.3, 0.4) is 0 Å². The summed E-state index contributed by atoms with van der Waals surface area (Å²) in [5.41, 5.74) is 1.95. The molecule has 1 fully saturated rings. The Kier molecular flexibility index (Phi) is 5.77. The molecule has 9 heteroatoms. The van der Waals surface area contributed by atoms with Crippen LogP contribution >= 0.6 is 11.6 Å². The number of carbonyl (C=O) groups is 2. The molecule has 0 unspecified atom stereocenters. The van der Waals surface area contributed by atoms with Crippen LogP contribution in [0.15, 0.2) is 47.1 Å². The van der Waals surface area contributed by atoms with Gasteiger partial charge in [0, 0.05) is 43.3 Å². The number of benzene rings is 1. The van der Waals surface area contributed by atoms with Crippen LogP contribution in [0.1, 0.15) is 46.9 Å². The molecule has 1 amide bonds. The van der Waals surface area contributed by atoms with Gasteiger partial charge in [0.1, 0.15) is 5.82 Å². The molecule has 1 N–H and O–H groups in total. The molecule has 0 bridgehead atoms. The summed E-state index contributed by atoms with van der Waals surface area (Å²) in [7, 11) is 0. The van der Waals surface area contributed by atoms with Crippen molar-refractivity contribution in [1.82, 2.24) is 14.9 Å². The van der Waals surface area contributed by atoms with E-state index in [0.717, 1.165) is 11.4 Å². The Bertz CT molecular complexity index is 1220. The quantitative estimate of drug-likeness (QED) is 0.585. The predicted molar refractivity (Wildman–Crippen MR) is 130 cm³/mol. The lowest BCUT2D eigenvalue weighted by Crippen LogP contribution is -2.49. The van der Waals surface area contributed by atoms with Gasteiger partial charge in [-0.1, -0.05) is 25.4 Å². The maximum atomic E-state index is 13.1. The molecule has 8 nitrogen and oxygen atoms in total. The molecule has 1 aliphatic heterocycles. The molecule has 0 atom stereocenters. The Balaban J connectivity index is 1.43. The summed E-state index contributed by atoms with van der Waals surface area (Å²) in [6.45, 7) is 6.41. The van der Waals surface area contributed by atoms with Gasteiger partial charge in [0.25, 0.3) is 5.91 Å². The van der Waals surface area contributed by atoms with Crippen molar-refractivity contribution >= 4 is 40.7 Å². The first kappa shape index (κ1) is 22.4. The summed E-state index contributed by atoms with van der Waals surface area (Å²) in [6.07, 6.45) is 2.64. The smallest absolute Gasteiger partial charge is 0.289 e. The van der Waals surface area contributed by atoms with Crippen molar-refractivity contribution in [3.63, 3.8) is 0 Å². The number of hydrogen-bond donors (Lipinski definition) is 1. The minimum atomic E-state index is -0.165. The number of rotatable bonds is 4. The standard InChI is InChI=1S/C25H26ClN5O3/c1-25(2)14-18-21(19(32)15-25)22(27-17-7-5-16(26)6-8-17)29-24(28-18)31-11-9-30(10-12-31)23(33)20-4-3-13-34-20/h3-8,13H,9-12,14-15H2,1-2H3,(H,27,28,29). The monoisotopic (exact) mass is 479 g/mol. The number of fused-ring (bicyclic) bond motifs is 1. The number of amides is 1. The van der Waals surface area contributed by atoms with E-state index in [1.807, 2.05) is 12.1 Å². The number of carbonyl (C=O) groups excluding carboxylic acids is 2. The molecule has 3 aromatic rings. The Morgan fingerprint density at radius 3 is 2.47 bits per heavy atom. The number of ketones is 1. The lowest BCUT2D eigenvalue weighted by Gasteiger charge is -2.36. The number of nitrogens with zero attached hydrogens (tertiary/aromatic N) is 4. The maximum absolute atomic E-state index is 13.1. The zero-order chi connectivity index (χ0) is 23.9. The van der Waals surface area contributed by atoms with E-state index < -0.39 is 0 Å². The summed E-state index contributed by atoms with van der Waals surface area (Å²) in [5.74, 6) is 1.34. The first-order valence-electron chi connectivity index (χ1n) is 11.3. The molecule has 3 heterocycles. The minimum absolute atomic E-state index is 0.0446. The van der Waals surface area contributed by atoms with Gasteiger partial charge in [-0.3, -0.25) is 9.59 Å². The number of anilines is 3. The van der Waals surface area contributed by atoms with Crippen molar-refractivity contribution in [2.45, 2.75) is 26.7 Å². The molecule has 5 rings (SSSR count). The van der Waals surface area contributed by atoms with E-state index in [1.165, 1.54) is 6.26 Å². The van der Waals surface area contributed by atoms with Gasteiger partial charge in [0.15, 0.2) is 11.5 Å². The SMILES string of the molecule is CC1(C)CC(=O)c2c(nc(N3CCN(C(=O)c4ccco4)CC3)nc2Nc2ccc(Cl)cc2)C1. The van der Waals surface area contributed by atoms with E-state index in [4.69, 9.17) is 26.0 Å². The van der Waals surface area contributed by atoms with Crippen LogP contribution in [-0.2, 0) is 6.42 Å². The number of piperazine rings is 1. The fourth-order valence-electron chi connectivity index (χ4n) is 4.52. The predicted octanol–water partition coefficient (Wildman–Crippen LogP) is 4.58. The molecule has 1 saturated heterocycles. The van der Waals surface area contributed by atoms with Crippen LogP contribution < -0.4 is 10.2 Å². The molecule has 0 radical (unpaired) electrons. The number of halogens is 1. The first-order chi connectivity index (χ1) is 16.3. The largest absolute Gasteiger partial charge is 0.459 e. The van der Waals surface area contributed by atoms with Gasteiger partial charge < -0.3 is 19.5 Å². The van der Waals surface area contributed by atoms with Crippen molar-refractivity contribution in [1.29, 1.82) is 0 Å². The number of aromatic nitrogens is 2. The third kappa shape index (κ3) is 4.50. The fourth-order valence-corrected chi connectivity index (χ4v) is 4.65. The second-order valence-electron chi connectivity index (χ2n) is 9.52. The van der Waals surface area contributed by atoms with Gasteiger partial charge >= 0.3 is 0 Å². The van der Waals surface area contributed by atoms with Crippen molar-refractivity contribution in [2.75, 3.05) is 36.4 Å². The van der Waals surface area contributed by atoms with Gasteiger partial charge in [-0.05, 0) is 48.2 Å². The molecule has 0 spiro atoms. The molecule has 1 aliphatic carbocycles. The Labute approximate surface area is 202 Å². The highest BCUT2D eigenvalue weighted by Crippen LogP contribution is 2.38. The molecular weight excluding hydrogens is 454 g/mol. The number of furan rings is 1. The minimum Gasteiger partial charge on any atom is -0.459 e. The van der Waals surface area contributed by atoms with Crippen LogP contribution in [0.25, 0.3) is 0 Å². The average molecular weight is 480 g/mol. The maximum Gasteiger partial charge on any atom is 0.289 e. The second-order valence-corrected chi connectivity index (χ2v) is 9.96. The summed E-state index contributed by atoms with van der Waals surface area (Å²) >= 11 is 6.03. The molecule has 0 saturated carbocycles. The second kappa shape index (κ2) is 8.76. The topological polar surface area (TPSA) is 91.6 Å². The van der Waals surface area contributed by atoms with E-state index in [2.05, 4.69) is 24.1 Å². The first-order valence-corrected chi connectivity index (χ1v) is 11.7. The highest BCUT2D eigenvalue weighted by atomic mass is 35.5. The molecule has 34 heavy (non-hydrogen) atoms. The lowest BCUT2D eigenvalue weighted by atomic mass is 9.75. The molecular formula is C25H26ClN5O3. The third-order valence-electron chi connectivity index (χ3n) is 6.22. The van der Waals surface area contributed by atoms with Crippen LogP contribution in [0.4, 0.5) is 17.5 Å². The summed E-state index contributed by atoms with van der Waals surface area (Å²) < 4.78 is 5.25. The molecule has 176 valence electrons. The Morgan fingerprint density at radius 2 is 1.79 bits per heavy atom. The molecule has 2 aromatic heterocycles. The van der Waals surface area contributed by atoms with Crippen LogP contribution in [0.2, 0.25) is 5.02 Å². The van der Waals surface area contributed by atoms with E-state index >= 15 is 0 Å². The highest BCUT2D eigenvalue weighted by molar-refractivity contribution is 6.30. The van der Waals surface area contributed by atoms with Crippen molar-refractivity contribution in [3.05, 3.63) is 64.7 Å². The van der Waals surface area contributed by atoms with Gasteiger partial charge in [-0.15, -0.1) is 0 Å². The summed E-state index contributed by atoms with van der Waals surface area (Å²) in [4.78, 5) is 39.1. The van der Waals surface area contributed by atoms with E-state index in [1.54, 1.807) is 29.2 Å². The van der Waals surface area contributed by atoms with Crippen molar-refractivity contribution in [3.8, 4) is 0 Å².